The molecular weight excluding hydrogens is 335 g/mol. The van der Waals surface area contributed by atoms with Crippen molar-refractivity contribution in [1.29, 1.82) is 0 Å². The van der Waals surface area contributed by atoms with Crippen molar-refractivity contribution >= 4 is 10.2 Å². The van der Waals surface area contributed by atoms with Gasteiger partial charge >= 0.3 is 10.2 Å². The highest BCUT2D eigenvalue weighted by Crippen LogP contribution is 3.02. The molecule has 1 fully saturated rings. The van der Waals surface area contributed by atoms with Gasteiger partial charge in [-0.3, -0.25) is 0 Å². The van der Waals surface area contributed by atoms with E-state index in [0.717, 1.165) is 32.1 Å². The molecule has 0 aliphatic heterocycles. The summed E-state index contributed by atoms with van der Waals surface area (Å²) >= 11 is 0. The normalized spacial score (nSPS) is 25.7. The van der Waals surface area contributed by atoms with Gasteiger partial charge in [0.2, 0.25) is 0 Å². The van der Waals surface area contributed by atoms with E-state index in [1.807, 2.05) is 6.92 Å². The van der Waals surface area contributed by atoms with E-state index in [-0.39, 0.29) is 0 Å². The lowest BCUT2D eigenvalue weighted by molar-refractivity contribution is 0.0248. The van der Waals surface area contributed by atoms with Crippen LogP contribution in [0.2, 0.25) is 0 Å². The van der Waals surface area contributed by atoms with Gasteiger partial charge in [-0.1, -0.05) is 31.6 Å². The second kappa shape index (κ2) is 5.92. The van der Waals surface area contributed by atoms with E-state index in [2.05, 4.69) is 0 Å². The number of rotatable bonds is 6. The molecule has 1 aromatic carbocycles. The van der Waals surface area contributed by atoms with Crippen LogP contribution in [0.5, 0.6) is 0 Å². The average molecular weight is 358 g/mol. The Balaban J connectivity index is 1.86. The van der Waals surface area contributed by atoms with Crippen molar-refractivity contribution in [2.24, 2.45) is 5.92 Å². The third-order valence-corrected chi connectivity index (χ3v) is 5.57. The molecule has 0 spiro atoms. The van der Waals surface area contributed by atoms with Crippen LogP contribution in [0.1, 0.15) is 44.6 Å². The standard InChI is InChI=1S/C16H23F5OS/c1-2-22-15-9-5-13(6-10-15)3-4-14-7-11-16(12-8-14)23(17,18,19,20)21/h7-8,11-13,15H,2-6,9-10H2,1H3. The summed E-state index contributed by atoms with van der Waals surface area (Å²) in [6.45, 7) is 2.69. The molecule has 1 aliphatic rings. The van der Waals surface area contributed by atoms with Crippen LogP contribution < -0.4 is 0 Å². The molecule has 0 saturated heterocycles. The number of halogens is 5. The van der Waals surface area contributed by atoms with Gasteiger partial charge in [0.15, 0.2) is 0 Å². The van der Waals surface area contributed by atoms with Crippen molar-refractivity contribution in [3.63, 3.8) is 0 Å². The molecule has 0 radical (unpaired) electrons. The van der Waals surface area contributed by atoms with Crippen molar-refractivity contribution in [3.05, 3.63) is 29.8 Å². The summed E-state index contributed by atoms with van der Waals surface area (Å²) < 4.78 is 68.8. The fraction of sp³-hybridized carbons (Fsp3) is 0.625. The van der Waals surface area contributed by atoms with Gasteiger partial charge in [0.25, 0.3) is 0 Å². The maximum absolute atomic E-state index is 12.6. The summed E-state index contributed by atoms with van der Waals surface area (Å²) in [5, 5.41) is 0. The van der Waals surface area contributed by atoms with E-state index in [1.165, 1.54) is 12.1 Å². The molecule has 1 aromatic rings. The van der Waals surface area contributed by atoms with Crippen LogP contribution in [0, 0.1) is 5.92 Å². The lowest BCUT2D eigenvalue weighted by Crippen LogP contribution is -2.21. The van der Waals surface area contributed by atoms with Gasteiger partial charge in [-0.25, -0.2) is 0 Å². The Morgan fingerprint density at radius 1 is 0.957 bits per heavy atom. The maximum atomic E-state index is 12.6. The summed E-state index contributed by atoms with van der Waals surface area (Å²) in [4.78, 5) is -1.81. The number of aryl methyl sites for hydroxylation is 1. The van der Waals surface area contributed by atoms with Crippen LogP contribution in [-0.4, -0.2) is 12.7 Å². The second-order valence-electron chi connectivity index (χ2n) is 6.25. The van der Waals surface area contributed by atoms with Crippen LogP contribution in [0.3, 0.4) is 0 Å². The maximum Gasteiger partial charge on any atom is 0.310 e. The van der Waals surface area contributed by atoms with E-state index >= 15 is 0 Å². The molecule has 0 amide bonds. The lowest BCUT2D eigenvalue weighted by atomic mass is 9.84. The van der Waals surface area contributed by atoms with Gasteiger partial charge in [-0.2, -0.15) is 0 Å². The molecule has 0 aromatic heterocycles. The summed E-state index contributed by atoms with van der Waals surface area (Å²) in [5.74, 6) is 0.530. The summed E-state index contributed by atoms with van der Waals surface area (Å²) in [5.41, 5.74) is 0.669. The van der Waals surface area contributed by atoms with E-state index in [4.69, 9.17) is 4.74 Å². The molecule has 23 heavy (non-hydrogen) atoms. The van der Waals surface area contributed by atoms with Crippen LogP contribution in [0.25, 0.3) is 0 Å². The predicted octanol–water partition coefficient (Wildman–Crippen LogP) is 6.87. The van der Waals surface area contributed by atoms with Crippen molar-refractivity contribution < 1.29 is 24.2 Å². The van der Waals surface area contributed by atoms with Gasteiger partial charge < -0.3 is 4.74 Å². The molecular formula is C16H23F5OS. The molecule has 0 N–H and O–H groups in total. The minimum atomic E-state index is -9.55. The highest BCUT2D eigenvalue weighted by molar-refractivity contribution is 8.45. The quantitative estimate of drug-likeness (QED) is 0.504. The van der Waals surface area contributed by atoms with Crippen LogP contribution in [0.4, 0.5) is 19.4 Å². The van der Waals surface area contributed by atoms with E-state index in [9.17, 15) is 19.4 Å². The molecule has 134 valence electrons. The van der Waals surface area contributed by atoms with E-state index in [0.29, 0.717) is 42.7 Å². The third kappa shape index (κ3) is 5.64. The van der Waals surface area contributed by atoms with Gasteiger partial charge in [0.1, 0.15) is 4.90 Å². The first kappa shape index (κ1) is 18.5. The van der Waals surface area contributed by atoms with Crippen LogP contribution >= 0.6 is 10.2 Å². The minimum Gasteiger partial charge on any atom is -0.379 e. The van der Waals surface area contributed by atoms with Crippen molar-refractivity contribution in [3.8, 4) is 0 Å². The molecule has 1 nitrogen and oxygen atoms in total. The Morgan fingerprint density at radius 2 is 1.52 bits per heavy atom. The summed E-state index contributed by atoms with van der Waals surface area (Å²) in [6, 6.07) is 3.34. The molecule has 1 aliphatic carbocycles. The van der Waals surface area contributed by atoms with Gasteiger partial charge in [-0.15, -0.1) is 0 Å². The minimum absolute atomic E-state index is 0.327. The van der Waals surface area contributed by atoms with Gasteiger partial charge in [0, 0.05) is 6.61 Å². The average Bonchev–Trinajstić information content (AvgIpc) is 2.45. The second-order valence-corrected chi connectivity index (χ2v) is 8.66. The third-order valence-electron chi connectivity index (χ3n) is 4.41. The van der Waals surface area contributed by atoms with Crippen molar-refractivity contribution in [1.82, 2.24) is 0 Å². The van der Waals surface area contributed by atoms with E-state index in [1.54, 1.807) is 0 Å². The molecule has 7 heteroatoms. The Hall–Kier alpha value is -0.820. The first-order valence-corrected chi connectivity index (χ1v) is 9.87. The number of ether oxygens (including phenoxy) is 1. The van der Waals surface area contributed by atoms with Crippen LogP contribution in [0.15, 0.2) is 29.2 Å². The van der Waals surface area contributed by atoms with Gasteiger partial charge in [0.05, 0.1) is 6.10 Å². The highest BCUT2D eigenvalue weighted by atomic mass is 32.5. The first-order valence-electron chi connectivity index (χ1n) is 7.92. The zero-order valence-electron chi connectivity index (χ0n) is 13.1. The van der Waals surface area contributed by atoms with Crippen LogP contribution in [-0.2, 0) is 11.2 Å². The number of benzene rings is 1. The molecule has 1 saturated carbocycles. The van der Waals surface area contributed by atoms with Gasteiger partial charge in [-0.05, 0) is 69.1 Å². The topological polar surface area (TPSA) is 9.23 Å². The van der Waals surface area contributed by atoms with Crippen molar-refractivity contribution in [2.45, 2.75) is 56.4 Å². The predicted molar refractivity (Wildman–Crippen MR) is 83.5 cm³/mol. The molecule has 0 bridgehead atoms. The smallest absolute Gasteiger partial charge is 0.310 e. The summed E-state index contributed by atoms with van der Waals surface area (Å²) in [6.07, 6.45) is 5.94. The zero-order chi connectivity index (χ0) is 17.2. The number of hydrogen-bond donors (Lipinski definition) is 0. The Bertz CT molecular complexity index is 517. The van der Waals surface area contributed by atoms with Crippen molar-refractivity contribution in [2.75, 3.05) is 6.61 Å². The summed E-state index contributed by atoms with van der Waals surface area (Å²) in [7, 11) is -9.55. The largest absolute Gasteiger partial charge is 0.379 e. The monoisotopic (exact) mass is 358 g/mol. The molecule has 0 unspecified atom stereocenters. The Kier molecular flexibility index (Phi) is 4.76. The Morgan fingerprint density at radius 3 is 2.00 bits per heavy atom. The highest BCUT2D eigenvalue weighted by Gasteiger charge is 2.65. The molecule has 0 heterocycles. The number of hydrogen-bond acceptors (Lipinski definition) is 1. The Labute approximate surface area is 133 Å². The SMILES string of the molecule is CCOC1CCC(CCc2ccc(S(F)(F)(F)(F)F)cc2)CC1. The zero-order valence-corrected chi connectivity index (χ0v) is 13.9. The fourth-order valence-corrected chi connectivity index (χ4v) is 3.76. The molecule has 0 atom stereocenters. The lowest BCUT2D eigenvalue weighted by Gasteiger charge is -2.40. The van der Waals surface area contributed by atoms with E-state index < -0.39 is 15.1 Å². The molecule has 2 rings (SSSR count). The first-order chi connectivity index (χ1) is 10.5. The fourth-order valence-electron chi connectivity index (χ4n) is 3.11.